The number of alkyl halides is 15. The lowest BCUT2D eigenvalue weighted by Gasteiger charge is -2.40. The second kappa shape index (κ2) is 18.6. The van der Waals surface area contributed by atoms with Crippen LogP contribution in [0.5, 0.6) is 11.5 Å². The van der Waals surface area contributed by atoms with Crippen molar-refractivity contribution in [3.8, 4) is 11.5 Å². The molecule has 0 bridgehead atoms. The van der Waals surface area contributed by atoms with Gasteiger partial charge in [-0.25, -0.2) is 13.2 Å². The minimum atomic E-state index is -7.64. The van der Waals surface area contributed by atoms with Crippen molar-refractivity contribution >= 4 is 32.4 Å². The largest absolute Gasteiger partial charge is 0.482 e. The zero-order chi connectivity index (χ0) is 51.1. The van der Waals surface area contributed by atoms with E-state index in [1.807, 2.05) is 0 Å². The van der Waals surface area contributed by atoms with Crippen molar-refractivity contribution < 1.29 is 106 Å². The Balaban J connectivity index is 2.31. The maximum absolute atomic E-state index is 15.0. The number of hydrogen-bond donors (Lipinski definition) is 0. The minimum Gasteiger partial charge on any atom is -0.482 e. The van der Waals surface area contributed by atoms with Gasteiger partial charge in [0.2, 0.25) is 0 Å². The van der Waals surface area contributed by atoms with E-state index in [0.29, 0.717) is 0 Å². The maximum Gasteiger partial charge on any atom is 0.418 e. The molecule has 0 heterocycles. The molecule has 370 valence electrons. The Morgan fingerprint density at radius 3 is 1.03 bits per heavy atom. The average Bonchev–Trinajstić information content (AvgIpc) is 3.14. The summed E-state index contributed by atoms with van der Waals surface area (Å²) in [5.74, 6) is -3.40. The van der Waals surface area contributed by atoms with Crippen molar-refractivity contribution in [2.24, 2.45) is 0 Å². The van der Waals surface area contributed by atoms with E-state index in [2.05, 4.69) is 0 Å². The molecule has 0 fully saturated rings. The van der Waals surface area contributed by atoms with E-state index in [9.17, 15) is 57.5 Å². The molecule has 0 amide bonds. The first-order valence-corrected chi connectivity index (χ1v) is 21.5. The topological polar surface area (TPSA) is 114 Å². The van der Waals surface area contributed by atoms with Crippen LogP contribution in [0, 0.1) is 0 Å². The van der Waals surface area contributed by atoms with Crippen LogP contribution in [0.2, 0.25) is 0 Å². The molecule has 0 spiro atoms. The van der Waals surface area contributed by atoms with E-state index < -0.39 is 147 Å². The second-order valence-electron chi connectivity index (χ2n) is 15.8. The van der Waals surface area contributed by atoms with Crippen molar-refractivity contribution in [1.29, 1.82) is 0 Å². The molecule has 4 aromatic rings. The Morgan fingerprint density at radius 2 is 0.746 bits per heavy atom. The molecule has 0 aliphatic heterocycles. The fraction of sp³-hybridized carbons (Fsp3) is 0.366. The van der Waals surface area contributed by atoms with Gasteiger partial charge in [0.1, 0.15) is 27.6 Å². The molecule has 67 heavy (non-hydrogen) atoms. The van der Waals surface area contributed by atoms with Crippen LogP contribution >= 0.6 is 10.3 Å². The van der Waals surface area contributed by atoms with Gasteiger partial charge in [-0.3, -0.25) is 0 Å². The zero-order valence-corrected chi connectivity index (χ0v) is 36.7. The van der Waals surface area contributed by atoms with E-state index in [1.165, 1.54) is 53.7 Å². The van der Waals surface area contributed by atoms with Crippen LogP contribution in [0.15, 0.2) is 98.4 Å². The summed E-state index contributed by atoms with van der Waals surface area (Å²) in [5.41, 5.74) is -24.5. The Hall–Kier alpha value is -5.37. The van der Waals surface area contributed by atoms with Crippen LogP contribution in [0.3, 0.4) is 0 Å². The van der Waals surface area contributed by atoms with E-state index in [0.717, 1.165) is 66.7 Å². The van der Waals surface area contributed by atoms with Gasteiger partial charge in [0, 0.05) is 20.8 Å². The summed E-state index contributed by atoms with van der Waals surface area (Å²) in [5, 5.41) is 0. The third-order valence-corrected chi connectivity index (χ3v) is 13.4. The molecular formula is C41H35F15O9S2. The number of carbonyl (C=O) groups is 2. The number of esters is 2. The van der Waals surface area contributed by atoms with Crippen molar-refractivity contribution in [2.75, 3.05) is 13.2 Å². The molecule has 9 nitrogen and oxygen atoms in total. The van der Waals surface area contributed by atoms with E-state index in [4.69, 9.17) is 22.6 Å². The van der Waals surface area contributed by atoms with Gasteiger partial charge in [0.05, 0.1) is 27.8 Å². The quantitative estimate of drug-likeness (QED) is 0.101. The zero-order valence-electron chi connectivity index (χ0n) is 35.1. The highest BCUT2D eigenvalue weighted by Crippen LogP contribution is 2.72. The van der Waals surface area contributed by atoms with Gasteiger partial charge in [-0.1, -0.05) is 36.4 Å². The van der Waals surface area contributed by atoms with Crippen LogP contribution in [0.4, 0.5) is 65.9 Å². The molecule has 0 saturated carbocycles. The van der Waals surface area contributed by atoms with Crippen LogP contribution in [0.25, 0.3) is 0 Å². The molecule has 0 saturated heterocycles. The first kappa shape index (κ1) is 54.2. The molecular weight excluding hydrogens is 986 g/mol. The SMILES string of the molecule is CC(C)(C)OC(=O)COc1cc(OCC(=O)OC(C)(C)C)cc(S(OS(=O)(=O)c2c(C(F)(F)F)c(C(F)(F)F)c(C(F)(F)F)c(C(F)(F)F)c2C(F)(F)F)(c2ccccc2)c2ccccc2)c1. The van der Waals surface area contributed by atoms with Gasteiger partial charge in [0.25, 0.3) is 0 Å². The Kier molecular flexibility index (Phi) is 15.1. The number of rotatable bonds is 12. The summed E-state index contributed by atoms with van der Waals surface area (Å²) < 4.78 is 277. The molecule has 0 N–H and O–H groups in total. The second-order valence-corrected chi connectivity index (χ2v) is 20.2. The first-order chi connectivity index (χ1) is 30.2. The van der Waals surface area contributed by atoms with Gasteiger partial charge in [-0.2, -0.15) is 74.3 Å². The Morgan fingerprint density at radius 1 is 0.448 bits per heavy atom. The summed E-state index contributed by atoms with van der Waals surface area (Å²) in [6.45, 7) is 6.66. The molecule has 0 unspecified atom stereocenters. The molecule has 0 aliphatic rings. The Labute approximate surface area is 372 Å². The maximum atomic E-state index is 15.0. The molecule has 0 aromatic heterocycles. The fourth-order valence-electron chi connectivity index (χ4n) is 6.19. The number of ether oxygens (including phenoxy) is 4. The standard InChI is InChI=1S/C41H35F15O9S2/c1-35(2,3)63-27(57)20-61-22-17-23(62-21-28(58)64-36(4,5)6)19-26(18-22)66(24-13-9-7-10-14-24,25-15-11-8-12-16-25)65-67(59,60)34-32(40(51,52)53)30(38(45,46)47)29(37(42,43)44)31(39(48,49)50)33(34)41(54,55)56/h7-19H,20-21H2,1-6H3. The normalized spacial score (nSPS) is 13.8. The van der Waals surface area contributed by atoms with Crippen LogP contribution < -0.4 is 9.47 Å². The van der Waals surface area contributed by atoms with E-state index >= 15 is 26.3 Å². The monoisotopic (exact) mass is 1020 g/mol. The highest BCUT2D eigenvalue weighted by Gasteiger charge is 2.63. The molecule has 26 heteroatoms. The smallest absolute Gasteiger partial charge is 0.418 e. The third kappa shape index (κ3) is 13.0. The van der Waals surface area contributed by atoms with Crippen LogP contribution in [-0.2, 0) is 63.7 Å². The summed E-state index contributed by atoms with van der Waals surface area (Å²) >= 11 is 0. The highest BCUT2D eigenvalue weighted by atomic mass is 32.3. The van der Waals surface area contributed by atoms with E-state index in [-0.39, 0.29) is 0 Å². The molecule has 0 radical (unpaired) electrons. The number of halogens is 15. The van der Waals surface area contributed by atoms with Crippen molar-refractivity contribution in [3.05, 3.63) is 107 Å². The van der Waals surface area contributed by atoms with Crippen LogP contribution in [0.1, 0.15) is 69.4 Å². The predicted octanol–water partition coefficient (Wildman–Crippen LogP) is 12.8. The van der Waals surface area contributed by atoms with Gasteiger partial charge in [0.15, 0.2) is 13.2 Å². The lowest BCUT2D eigenvalue weighted by molar-refractivity contribution is -0.191. The molecule has 4 rings (SSSR count). The average molecular weight is 1020 g/mol. The summed E-state index contributed by atoms with van der Waals surface area (Å²) in [6, 6.07) is 12.7. The lowest BCUT2D eigenvalue weighted by Crippen LogP contribution is -2.34. The highest BCUT2D eigenvalue weighted by molar-refractivity contribution is 8.33. The van der Waals surface area contributed by atoms with Gasteiger partial charge < -0.3 is 18.9 Å². The van der Waals surface area contributed by atoms with Crippen molar-refractivity contribution in [3.63, 3.8) is 0 Å². The van der Waals surface area contributed by atoms with Crippen LogP contribution in [-0.4, -0.2) is 44.8 Å². The summed E-state index contributed by atoms with van der Waals surface area (Å²) in [6.07, 6.45) is -36.5. The number of benzene rings is 4. The van der Waals surface area contributed by atoms with Crippen molar-refractivity contribution in [1.82, 2.24) is 0 Å². The number of hydrogen-bond acceptors (Lipinski definition) is 9. The first-order valence-electron chi connectivity index (χ1n) is 18.5. The van der Waals surface area contributed by atoms with Crippen molar-refractivity contribution in [2.45, 2.75) is 103 Å². The molecule has 0 atom stereocenters. The van der Waals surface area contributed by atoms with Gasteiger partial charge in [-0.05, 0) is 88.2 Å². The predicted molar refractivity (Wildman–Crippen MR) is 204 cm³/mol. The third-order valence-electron chi connectivity index (χ3n) is 8.20. The fourth-order valence-corrected chi connectivity index (χ4v) is 11.9. The lowest BCUT2D eigenvalue weighted by atomic mass is 9.89. The molecule has 0 aliphatic carbocycles. The summed E-state index contributed by atoms with van der Waals surface area (Å²) in [4.78, 5) is 19.3. The minimum absolute atomic E-state index is 0.617. The van der Waals surface area contributed by atoms with E-state index in [1.54, 1.807) is 0 Å². The Bertz CT molecular complexity index is 2420. The van der Waals surface area contributed by atoms with Gasteiger partial charge in [-0.15, -0.1) is 0 Å². The van der Waals surface area contributed by atoms with Gasteiger partial charge >= 0.3 is 52.9 Å². The summed E-state index contributed by atoms with van der Waals surface area (Å²) in [7, 11) is -12.5. The number of carbonyl (C=O) groups excluding carboxylic acids is 2. The molecule has 4 aromatic carbocycles.